The molecule has 0 aliphatic carbocycles. The highest BCUT2D eigenvalue weighted by Crippen LogP contribution is 2.31. The second-order valence-electron chi connectivity index (χ2n) is 7.98. The Morgan fingerprint density at radius 2 is 2.13 bits per heavy atom. The van der Waals surface area contributed by atoms with Crippen LogP contribution in [0.1, 0.15) is 49.9 Å². The number of nitrogens with zero attached hydrogens (tertiary/aromatic N) is 4. The summed E-state index contributed by atoms with van der Waals surface area (Å²) in [5.41, 5.74) is 1.15. The van der Waals surface area contributed by atoms with E-state index < -0.39 is 0 Å². The van der Waals surface area contributed by atoms with Crippen molar-refractivity contribution in [2.75, 3.05) is 26.4 Å². The van der Waals surface area contributed by atoms with Crippen LogP contribution in [0.4, 0.5) is 0 Å². The van der Waals surface area contributed by atoms with Crippen LogP contribution in [0.3, 0.4) is 0 Å². The van der Waals surface area contributed by atoms with Crippen molar-refractivity contribution in [1.82, 2.24) is 25.4 Å². The minimum Gasteiger partial charge on any atom is -0.493 e. The quantitative estimate of drug-likeness (QED) is 0.373. The Morgan fingerprint density at radius 1 is 1.30 bits per heavy atom. The van der Waals surface area contributed by atoms with E-state index in [1.54, 1.807) is 0 Å². The van der Waals surface area contributed by atoms with Crippen LogP contribution in [0.25, 0.3) is 0 Å². The number of fused-ring (bicyclic) bond motifs is 1. The van der Waals surface area contributed by atoms with Gasteiger partial charge in [-0.2, -0.15) is 0 Å². The molecular weight excluding hydrogens is 380 g/mol. The first-order valence-electron chi connectivity index (χ1n) is 10.7. The van der Waals surface area contributed by atoms with Gasteiger partial charge in [-0.1, -0.05) is 32.0 Å². The van der Waals surface area contributed by atoms with Crippen LogP contribution in [-0.4, -0.2) is 47.1 Å². The summed E-state index contributed by atoms with van der Waals surface area (Å²) in [5.74, 6) is 4.03. The van der Waals surface area contributed by atoms with E-state index in [1.165, 1.54) is 0 Å². The number of guanidine groups is 1. The van der Waals surface area contributed by atoms with Crippen molar-refractivity contribution in [3.05, 3.63) is 41.5 Å². The van der Waals surface area contributed by atoms with Crippen molar-refractivity contribution in [2.45, 2.75) is 46.2 Å². The van der Waals surface area contributed by atoms with Gasteiger partial charge in [-0.05, 0) is 25.3 Å². The fraction of sp³-hybridized carbons (Fsp3) is 0.591. The van der Waals surface area contributed by atoms with Crippen molar-refractivity contribution in [1.29, 1.82) is 0 Å². The molecule has 0 bridgehead atoms. The predicted octanol–water partition coefficient (Wildman–Crippen LogP) is 2.75. The first-order chi connectivity index (χ1) is 14.5. The van der Waals surface area contributed by atoms with Gasteiger partial charge in [0.15, 0.2) is 11.8 Å². The zero-order valence-electron chi connectivity index (χ0n) is 18.5. The summed E-state index contributed by atoms with van der Waals surface area (Å²) in [6, 6.07) is 8.30. The molecule has 3 rings (SSSR count). The number of hydrogen-bond donors (Lipinski definition) is 2. The van der Waals surface area contributed by atoms with Gasteiger partial charge in [-0.15, -0.1) is 10.2 Å². The number of benzene rings is 1. The third-order valence-corrected chi connectivity index (χ3v) is 5.21. The Balaban J connectivity index is 1.63. The number of aromatic nitrogens is 3. The summed E-state index contributed by atoms with van der Waals surface area (Å²) in [7, 11) is 1.96. The van der Waals surface area contributed by atoms with E-state index in [0.29, 0.717) is 32.2 Å². The summed E-state index contributed by atoms with van der Waals surface area (Å²) in [6.07, 6.45) is 1.95. The highest BCUT2D eigenvalue weighted by atomic mass is 16.5. The van der Waals surface area contributed by atoms with Crippen LogP contribution in [0.15, 0.2) is 29.3 Å². The molecule has 2 aromatic rings. The average molecular weight is 415 g/mol. The number of aryl methyl sites for hydroxylation is 1. The van der Waals surface area contributed by atoms with Crippen LogP contribution in [0.2, 0.25) is 0 Å². The molecule has 8 heteroatoms. The lowest BCUT2D eigenvalue weighted by molar-refractivity contribution is 0.128. The molecule has 1 aliphatic rings. The van der Waals surface area contributed by atoms with E-state index in [4.69, 9.17) is 14.5 Å². The van der Waals surface area contributed by atoms with Crippen LogP contribution in [0, 0.1) is 12.8 Å². The van der Waals surface area contributed by atoms with E-state index in [9.17, 15) is 0 Å². The van der Waals surface area contributed by atoms with Crippen LogP contribution in [-0.2, 0) is 18.3 Å². The summed E-state index contributed by atoms with van der Waals surface area (Å²) < 4.78 is 13.5. The van der Waals surface area contributed by atoms with E-state index in [2.05, 4.69) is 40.7 Å². The minimum atomic E-state index is 0.143. The Hall–Kier alpha value is -2.61. The van der Waals surface area contributed by atoms with Gasteiger partial charge in [0.1, 0.15) is 18.1 Å². The molecule has 2 heterocycles. The van der Waals surface area contributed by atoms with Crippen molar-refractivity contribution in [2.24, 2.45) is 18.0 Å². The first kappa shape index (κ1) is 22.1. The fourth-order valence-electron chi connectivity index (χ4n) is 3.21. The smallest absolute Gasteiger partial charge is 0.192 e. The molecule has 1 atom stereocenters. The second-order valence-corrected chi connectivity index (χ2v) is 7.98. The van der Waals surface area contributed by atoms with E-state index in [-0.39, 0.29) is 6.04 Å². The molecule has 1 aliphatic heterocycles. The normalized spacial score (nSPS) is 16.3. The molecule has 0 fully saturated rings. The predicted molar refractivity (Wildman–Crippen MR) is 118 cm³/mol. The number of para-hydroxylation sites is 1. The molecule has 0 saturated carbocycles. The largest absolute Gasteiger partial charge is 0.493 e. The van der Waals surface area contributed by atoms with Gasteiger partial charge in [0.05, 0.1) is 19.3 Å². The molecule has 1 aromatic heterocycles. The van der Waals surface area contributed by atoms with Crippen molar-refractivity contribution in [3.63, 3.8) is 0 Å². The Bertz CT molecular complexity index is 833. The molecule has 1 aromatic carbocycles. The third kappa shape index (κ3) is 6.19. The topological polar surface area (TPSA) is 85.6 Å². The zero-order chi connectivity index (χ0) is 21.3. The van der Waals surface area contributed by atoms with Crippen LogP contribution < -0.4 is 15.4 Å². The Morgan fingerprint density at radius 3 is 2.90 bits per heavy atom. The number of hydrogen-bond acceptors (Lipinski definition) is 5. The molecule has 8 nitrogen and oxygen atoms in total. The van der Waals surface area contributed by atoms with E-state index >= 15 is 0 Å². The SMILES string of the molecule is Cc1nnc(CN=C(NCCOCCC(C)C)NC2CCOc3ccccc32)n1C. The molecule has 0 saturated heterocycles. The first-order valence-corrected chi connectivity index (χ1v) is 10.7. The molecule has 0 spiro atoms. The number of aliphatic imine (C=N–C) groups is 1. The Labute approximate surface area is 179 Å². The highest BCUT2D eigenvalue weighted by molar-refractivity contribution is 5.80. The van der Waals surface area contributed by atoms with Crippen LogP contribution in [0.5, 0.6) is 5.75 Å². The van der Waals surface area contributed by atoms with E-state index in [0.717, 1.165) is 48.4 Å². The van der Waals surface area contributed by atoms with Gasteiger partial charge >= 0.3 is 0 Å². The van der Waals surface area contributed by atoms with Gasteiger partial charge in [0, 0.05) is 32.2 Å². The van der Waals surface area contributed by atoms with Gasteiger partial charge in [0.2, 0.25) is 0 Å². The van der Waals surface area contributed by atoms with Crippen LogP contribution >= 0.6 is 0 Å². The monoisotopic (exact) mass is 414 g/mol. The standard InChI is InChI=1S/C22H34N6O2/c1-16(2)9-12-29-14-11-23-22(24-15-21-27-26-17(3)28(21)4)25-19-10-13-30-20-8-6-5-7-18(19)20/h5-8,16,19H,9-15H2,1-4H3,(H2,23,24,25). The lowest BCUT2D eigenvalue weighted by Crippen LogP contribution is -2.42. The van der Waals surface area contributed by atoms with Gasteiger partial charge in [-0.3, -0.25) is 0 Å². The van der Waals surface area contributed by atoms with Crippen molar-refractivity contribution in [3.8, 4) is 5.75 Å². The maximum absolute atomic E-state index is 5.79. The molecule has 1 unspecified atom stereocenters. The maximum atomic E-state index is 5.79. The second kappa shape index (κ2) is 11.0. The summed E-state index contributed by atoms with van der Waals surface area (Å²) >= 11 is 0. The number of rotatable bonds is 9. The molecule has 2 N–H and O–H groups in total. The van der Waals surface area contributed by atoms with Crippen molar-refractivity contribution < 1.29 is 9.47 Å². The molecule has 0 radical (unpaired) electrons. The zero-order valence-corrected chi connectivity index (χ0v) is 18.5. The lowest BCUT2D eigenvalue weighted by Gasteiger charge is -2.28. The minimum absolute atomic E-state index is 0.143. The van der Waals surface area contributed by atoms with Crippen molar-refractivity contribution >= 4 is 5.96 Å². The van der Waals surface area contributed by atoms with Gasteiger partial charge in [0.25, 0.3) is 0 Å². The molecule has 30 heavy (non-hydrogen) atoms. The molecule has 164 valence electrons. The van der Waals surface area contributed by atoms with E-state index in [1.807, 2.05) is 36.7 Å². The maximum Gasteiger partial charge on any atom is 0.192 e. The summed E-state index contributed by atoms with van der Waals surface area (Å²) in [6.45, 7) is 9.59. The average Bonchev–Trinajstić information content (AvgIpc) is 3.06. The fourth-order valence-corrected chi connectivity index (χ4v) is 3.21. The molecule has 0 amide bonds. The lowest BCUT2D eigenvalue weighted by atomic mass is 10.0. The summed E-state index contributed by atoms with van der Waals surface area (Å²) in [5, 5.41) is 15.3. The number of ether oxygens (including phenoxy) is 2. The van der Waals surface area contributed by atoms with Gasteiger partial charge < -0.3 is 24.7 Å². The molecular formula is C22H34N6O2. The Kier molecular flexibility index (Phi) is 8.07. The highest BCUT2D eigenvalue weighted by Gasteiger charge is 2.22. The third-order valence-electron chi connectivity index (χ3n) is 5.21. The number of nitrogens with one attached hydrogen (secondary N) is 2. The summed E-state index contributed by atoms with van der Waals surface area (Å²) in [4.78, 5) is 4.76. The van der Waals surface area contributed by atoms with Gasteiger partial charge in [-0.25, -0.2) is 4.99 Å².